The Kier molecular flexibility index (Phi) is 6.02. The maximum atomic E-state index is 12.1. The SMILES string of the molecule is CN(CC1CCCC1)C(=O)CNC(=O)c1ccccc1I. The Morgan fingerprint density at radius 1 is 1.29 bits per heavy atom. The highest BCUT2D eigenvalue weighted by Gasteiger charge is 2.20. The van der Waals surface area contributed by atoms with Crippen LogP contribution in [-0.4, -0.2) is 36.9 Å². The molecule has 0 aliphatic heterocycles. The topological polar surface area (TPSA) is 49.4 Å². The molecule has 1 aromatic rings. The molecule has 21 heavy (non-hydrogen) atoms. The van der Waals surface area contributed by atoms with E-state index >= 15 is 0 Å². The van der Waals surface area contributed by atoms with E-state index in [1.165, 1.54) is 25.7 Å². The van der Waals surface area contributed by atoms with Crippen LogP contribution >= 0.6 is 22.6 Å². The number of amides is 2. The predicted octanol–water partition coefficient (Wildman–Crippen LogP) is 2.67. The summed E-state index contributed by atoms with van der Waals surface area (Å²) >= 11 is 2.12. The van der Waals surface area contributed by atoms with Gasteiger partial charge in [-0.05, 0) is 53.5 Å². The van der Waals surface area contributed by atoms with Gasteiger partial charge >= 0.3 is 0 Å². The van der Waals surface area contributed by atoms with Gasteiger partial charge in [0, 0.05) is 17.2 Å². The van der Waals surface area contributed by atoms with Gasteiger partial charge in [0.25, 0.3) is 5.91 Å². The lowest BCUT2D eigenvalue weighted by Crippen LogP contribution is -2.40. The summed E-state index contributed by atoms with van der Waals surface area (Å²) in [6.07, 6.45) is 4.98. The van der Waals surface area contributed by atoms with E-state index in [-0.39, 0.29) is 18.4 Å². The first-order valence-electron chi connectivity index (χ1n) is 7.34. The number of carbonyl (C=O) groups is 2. The van der Waals surface area contributed by atoms with E-state index in [2.05, 4.69) is 27.9 Å². The average molecular weight is 400 g/mol. The van der Waals surface area contributed by atoms with E-state index in [0.717, 1.165) is 10.1 Å². The minimum absolute atomic E-state index is 0.0267. The van der Waals surface area contributed by atoms with Gasteiger partial charge in [0.2, 0.25) is 5.91 Å². The maximum Gasteiger partial charge on any atom is 0.252 e. The third kappa shape index (κ3) is 4.69. The van der Waals surface area contributed by atoms with Gasteiger partial charge in [0.1, 0.15) is 0 Å². The van der Waals surface area contributed by atoms with Crippen LogP contribution in [0.2, 0.25) is 0 Å². The zero-order valence-corrected chi connectivity index (χ0v) is 14.4. The van der Waals surface area contributed by atoms with E-state index in [4.69, 9.17) is 0 Å². The summed E-state index contributed by atoms with van der Waals surface area (Å²) in [5, 5.41) is 2.71. The summed E-state index contributed by atoms with van der Waals surface area (Å²) in [6.45, 7) is 0.866. The Hall–Kier alpha value is -1.11. The predicted molar refractivity (Wildman–Crippen MR) is 91.1 cm³/mol. The molecule has 0 atom stereocenters. The molecule has 0 unspecified atom stereocenters. The monoisotopic (exact) mass is 400 g/mol. The molecule has 1 fully saturated rings. The fraction of sp³-hybridized carbons (Fsp3) is 0.500. The van der Waals surface area contributed by atoms with Crippen molar-refractivity contribution in [1.29, 1.82) is 0 Å². The molecule has 4 nitrogen and oxygen atoms in total. The Morgan fingerprint density at radius 2 is 1.95 bits per heavy atom. The van der Waals surface area contributed by atoms with Gasteiger partial charge in [0.05, 0.1) is 12.1 Å². The highest BCUT2D eigenvalue weighted by Crippen LogP contribution is 2.25. The van der Waals surface area contributed by atoms with E-state index in [9.17, 15) is 9.59 Å². The molecule has 5 heteroatoms. The van der Waals surface area contributed by atoms with Crippen LogP contribution < -0.4 is 5.32 Å². The molecule has 114 valence electrons. The molecular weight excluding hydrogens is 379 g/mol. The van der Waals surface area contributed by atoms with Crippen molar-refractivity contribution in [2.24, 2.45) is 5.92 Å². The molecule has 0 radical (unpaired) electrons. The second kappa shape index (κ2) is 7.77. The van der Waals surface area contributed by atoms with Gasteiger partial charge < -0.3 is 10.2 Å². The van der Waals surface area contributed by atoms with Gasteiger partial charge in [-0.2, -0.15) is 0 Å². The number of carbonyl (C=O) groups excluding carboxylic acids is 2. The fourth-order valence-electron chi connectivity index (χ4n) is 2.71. The van der Waals surface area contributed by atoms with Crippen molar-refractivity contribution in [2.75, 3.05) is 20.1 Å². The first-order chi connectivity index (χ1) is 10.1. The summed E-state index contributed by atoms with van der Waals surface area (Å²) in [7, 11) is 1.82. The second-order valence-corrected chi connectivity index (χ2v) is 6.75. The largest absolute Gasteiger partial charge is 0.344 e. The molecule has 0 aromatic heterocycles. The number of halogens is 1. The van der Waals surface area contributed by atoms with Crippen molar-refractivity contribution in [3.8, 4) is 0 Å². The molecule has 1 saturated carbocycles. The minimum Gasteiger partial charge on any atom is -0.344 e. The lowest BCUT2D eigenvalue weighted by molar-refractivity contribution is -0.129. The molecule has 0 heterocycles. The van der Waals surface area contributed by atoms with Crippen LogP contribution in [0.25, 0.3) is 0 Å². The highest BCUT2D eigenvalue weighted by molar-refractivity contribution is 14.1. The molecular formula is C16H21IN2O2. The number of nitrogens with zero attached hydrogens (tertiary/aromatic N) is 1. The number of nitrogens with one attached hydrogen (secondary N) is 1. The standard InChI is InChI=1S/C16H21IN2O2/c1-19(11-12-6-2-3-7-12)15(20)10-18-16(21)13-8-4-5-9-14(13)17/h4-5,8-9,12H,2-3,6-7,10-11H2,1H3,(H,18,21). The normalized spacial score (nSPS) is 15.0. The summed E-state index contributed by atoms with van der Waals surface area (Å²) in [6, 6.07) is 7.36. The maximum absolute atomic E-state index is 12.1. The molecule has 1 aliphatic carbocycles. The second-order valence-electron chi connectivity index (χ2n) is 5.59. The third-order valence-corrected chi connectivity index (χ3v) is 4.89. The van der Waals surface area contributed by atoms with Crippen LogP contribution in [0.3, 0.4) is 0 Å². The van der Waals surface area contributed by atoms with E-state index < -0.39 is 0 Å². The zero-order chi connectivity index (χ0) is 15.2. The van der Waals surface area contributed by atoms with Crippen molar-refractivity contribution < 1.29 is 9.59 Å². The Morgan fingerprint density at radius 3 is 2.62 bits per heavy atom. The quantitative estimate of drug-likeness (QED) is 0.773. The smallest absolute Gasteiger partial charge is 0.252 e. The Balaban J connectivity index is 1.80. The number of benzene rings is 1. The van der Waals surface area contributed by atoms with Gasteiger partial charge in [-0.25, -0.2) is 0 Å². The Labute approximate surface area is 139 Å². The molecule has 0 bridgehead atoms. The summed E-state index contributed by atoms with van der Waals surface area (Å²) in [5.74, 6) is 0.411. The molecule has 0 spiro atoms. The first-order valence-corrected chi connectivity index (χ1v) is 8.42. The molecule has 1 N–H and O–H groups in total. The van der Waals surface area contributed by atoms with Crippen molar-refractivity contribution >= 4 is 34.4 Å². The first kappa shape index (κ1) is 16.3. The van der Waals surface area contributed by atoms with Crippen molar-refractivity contribution in [3.63, 3.8) is 0 Å². The van der Waals surface area contributed by atoms with Crippen LogP contribution in [0.4, 0.5) is 0 Å². The fourth-order valence-corrected chi connectivity index (χ4v) is 3.35. The highest BCUT2D eigenvalue weighted by atomic mass is 127. The van der Waals surface area contributed by atoms with Crippen molar-refractivity contribution in [1.82, 2.24) is 10.2 Å². The van der Waals surface area contributed by atoms with Crippen LogP contribution in [0.15, 0.2) is 24.3 Å². The molecule has 0 saturated heterocycles. The molecule has 2 rings (SSSR count). The van der Waals surface area contributed by atoms with E-state index in [1.807, 2.05) is 25.2 Å². The minimum atomic E-state index is -0.192. The number of rotatable bonds is 5. The summed E-state index contributed by atoms with van der Waals surface area (Å²) in [4.78, 5) is 25.9. The van der Waals surface area contributed by atoms with Gasteiger partial charge in [-0.15, -0.1) is 0 Å². The zero-order valence-electron chi connectivity index (χ0n) is 12.3. The Bertz CT molecular complexity index is 513. The van der Waals surface area contributed by atoms with Crippen LogP contribution in [0.5, 0.6) is 0 Å². The lowest BCUT2D eigenvalue weighted by Gasteiger charge is -2.21. The van der Waals surface area contributed by atoms with Gasteiger partial charge in [-0.3, -0.25) is 9.59 Å². The van der Waals surface area contributed by atoms with Crippen LogP contribution in [0, 0.1) is 9.49 Å². The van der Waals surface area contributed by atoms with Crippen LogP contribution in [0.1, 0.15) is 36.0 Å². The number of likely N-dealkylation sites (N-methyl/N-ethyl adjacent to an activating group) is 1. The van der Waals surface area contributed by atoms with Crippen LogP contribution in [-0.2, 0) is 4.79 Å². The molecule has 1 aromatic carbocycles. The number of hydrogen-bond acceptors (Lipinski definition) is 2. The van der Waals surface area contributed by atoms with Gasteiger partial charge in [-0.1, -0.05) is 25.0 Å². The van der Waals surface area contributed by atoms with Gasteiger partial charge in [0.15, 0.2) is 0 Å². The van der Waals surface area contributed by atoms with E-state index in [0.29, 0.717) is 11.5 Å². The number of hydrogen-bond donors (Lipinski definition) is 1. The van der Waals surface area contributed by atoms with Crippen molar-refractivity contribution in [3.05, 3.63) is 33.4 Å². The summed E-state index contributed by atoms with van der Waals surface area (Å²) < 4.78 is 0.888. The average Bonchev–Trinajstić information content (AvgIpc) is 2.97. The third-order valence-electron chi connectivity index (χ3n) is 3.95. The molecule has 2 amide bonds. The van der Waals surface area contributed by atoms with Crippen molar-refractivity contribution in [2.45, 2.75) is 25.7 Å². The molecule has 1 aliphatic rings. The lowest BCUT2D eigenvalue weighted by atomic mass is 10.1. The summed E-state index contributed by atoms with van der Waals surface area (Å²) in [5.41, 5.74) is 0.615. The van der Waals surface area contributed by atoms with E-state index in [1.54, 1.807) is 11.0 Å².